The summed E-state index contributed by atoms with van der Waals surface area (Å²) >= 11 is 0. The molecule has 0 aromatic heterocycles. The SMILES string of the molecule is CC[N-]CC.CC[Si](CC)(CC)[N-]C(C)(C)C.CC[Si](CC)(CC)[N-]C(C)(C)C.[Co+3]. The molecule has 0 aliphatic carbocycles. The predicted molar refractivity (Wildman–Crippen MR) is 145 cm³/mol. The average Bonchev–Trinajstić information content (AvgIpc) is 2.64. The van der Waals surface area contributed by atoms with Gasteiger partial charge in [0.1, 0.15) is 0 Å². The smallest absolute Gasteiger partial charge is 0.663 e. The first-order valence-electron chi connectivity index (χ1n) is 12.3. The van der Waals surface area contributed by atoms with Gasteiger partial charge in [-0.15, -0.1) is 11.1 Å². The number of rotatable bonds is 10. The summed E-state index contributed by atoms with van der Waals surface area (Å²) in [4.78, 5) is 10.1. The Labute approximate surface area is 205 Å². The molecule has 0 amide bonds. The van der Waals surface area contributed by atoms with Crippen molar-refractivity contribution in [2.45, 2.75) is 144 Å². The zero-order chi connectivity index (χ0) is 23.8. The number of nitrogens with zero attached hydrogens (tertiary/aromatic N) is 3. The minimum Gasteiger partial charge on any atom is -0.663 e. The van der Waals surface area contributed by atoms with Gasteiger partial charge in [-0.2, -0.15) is 13.1 Å². The van der Waals surface area contributed by atoms with Gasteiger partial charge in [0.05, 0.1) is 0 Å². The van der Waals surface area contributed by atoms with Gasteiger partial charge in [0.25, 0.3) is 0 Å². The topological polar surface area (TPSA) is 42.3 Å². The zero-order valence-electron chi connectivity index (χ0n) is 23.3. The van der Waals surface area contributed by atoms with Gasteiger partial charge in [-0.25, -0.2) is 0 Å². The van der Waals surface area contributed by atoms with E-state index >= 15 is 0 Å². The van der Waals surface area contributed by atoms with Gasteiger partial charge in [0, 0.05) is 0 Å². The number of hydrogen-bond donors (Lipinski definition) is 0. The molecule has 0 unspecified atom stereocenters. The Hall–Kier alpha value is 0.820. The molecule has 30 heavy (non-hydrogen) atoms. The molecule has 0 aliphatic rings. The van der Waals surface area contributed by atoms with E-state index in [1.165, 1.54) is 36.3 Å². The van der Waals surface area contributed by atoms with Crippen molar-refractivity contribution in [3.05, 3.63) is 15.3 Å². The fourth-order valence-electron chi connectivity index (χ4n) is 3.62. The molecule has 186 valence electrons. The largest absolute Gasteiger partial charge is 3.00 e. The van der Waals surface area contributed by atoms with E-state index in [2.05, 4.69) is 88.4 Å². The molecule has 0 aromatic rings. The molecule has 0 saturated carbocycles. The third-order valence-electron chi connectivity index (χ3n) is 5.54. The van der Waals surface area contributed by atoms with Crippen molar-refractivity contribution in [1.29, 1.82) is 0 Å². The van der Waals surface area contributed by atoms with Gasteiger partial charge in [0.2, 0.25) is 0 Å². The molecular weight excluding hydrogens is 445 g/mol. The summed E-state index contributed by atoms with van der Waals surface area (Å²) in [6.07, 6.45) is 0. The van der Waals surface area contributed by atoms with Crippen LogP contribution in [0.3, 0.4) is 0 Å². The minimum absolute atomic E-state index is 0. The summed E-state index contributed by atoms with van der Waals surface area (Å²) in [6, 6.07) is 7.82. The molecule has 0 aliphatic heterocycles. The Morgan fingerprint density at radius 1 is 0.467 bits per heavy atom. The molecule has 0 rings (SSSR count). The monoisotopic (exact) mass is 503 g/mol. The molecule has 0 saturated heterocycles. The second kappa shape index (κ2) is 19.3. The van der Waals surface area contributed by atoms with Crippen LogP contribution < -0.4 is 0 Å². The van der Waals surface area contributed by atoms with E-state index in [0.717, 1.165) is 13.1 Å². The van der Waals surface area contributed by atoms with E-state index < -0.39 is 16.5 Å². The Kier molecular flexibility index (Phi) is 24.5. The molecule has 3 nitrogen and oxygen atoms in total. The molecular formula is C24H58CoN3Si2. The summed E-state index contributed by atoms with van der Waals surface area (Å²) in [5.74, 6) is 0. The van der Waals surface area contributed by atoms with Crippen molar-refractivity contribution >= 4 is 16.5 Å². The Balaban J connectivity index is -0.000000180. The molecule has 6 heteroatoms. The molecule has 0 spiro atoms. The summed E-state index contributed by atoms with van der Waals surface area (Å²) in [5, 5.41) is 3.97. The number of hydrogen-bond acceptors (Lipinski definition) is 0. The van der Waals surface area contributed by atoms with Crippen LogP contribution in [-0.4, -0.2) is 40.6 Å². The Morgan fingerprint density at radius 2 is 0.667 bits per heavy atom. The average molecular weight is 504 g/mol. The van der Waals surface area contributed by atoms with Crippen LogP contribution in [0.2, 0.25) is 36.3 Å². The van der Waals surface area contributed by atoms with Crippen molar-refractivity contribution in [2.75, 3.05) is 13.1 Å². The van der Waals surface area contributed by atoms with Crippen LogP contribution in [0.25, 0.3) is 15.3 Å². The maximum Gasteiger partial charge on any atom is 3.00 e. The molecule has 0 radical (unpaired) electrons. The van der Waals surface area contributed by atoms with E-state index in [4.69, 9.17) is 9.96 Å². The molecule has 0 bridgehead atoms. The first-order chi connectivity index (χ1) is 13.2. The van der Waals surface area contributed by atoms with Crippen LogP contribution in [0.1, 0.15) is 96.9 Å². The van der Waals surface area contributed by atoms with Crippen LogP contribution in [0.15, 0.2) is 0 Å². The third-order valence-corrected chi connectivity index (χ3v) is 15.7. The van der Waals surface area contributed by atoms with Crippen LogP contribution in [0.5, 0.6) is 0 Å². The van der Waals surface area contributed by atoms with Crippen molar-refractivity contribution in [3.63, 3.8) is 0 Å². The maximum absolute atomic E-state index is 5.03. The van der Waals surface area contributed by atoms with Crippen molar-refractivity contribution < 1.29 is 16.8 Å². The fraction of sp³-hybridized carbons (Fsp3) is 1.00. The van der Waals surface area contributed by atoms with Crippen LogP contribution >= 0.6 is 0 Å². The molecule has 0 fully saturated rings. The van der Waals surface area contributed by atoms with Crippen molar-refractivity contribution in [3.8, 4) is 0 Å². The summed E-state index contributed by atoms with van der Waals surface area (Å²) < 4.78 is 0. The molecule has 0 atom stereocenters. The molecule has 0 heterocycles. The maximum atomic E-state index is 5.03. The Bertz CT molecular complexity index is 308. The van der Waals surface area contributed by atoms with Gasteiger partial charge in [-0.1, -0.05) is 150 Å². The standard InChI is InChI=1S/2C10H24NSi.C4H10N.Co/c2*1-7-12(8-2,9-3)11-10(4,5)6;1-3-5-4-2;/h2*7-9H2,1-6H3;3-4H2,1-2H3;/q3*-1;+3. The van der Waals surface area contributed by atoms with Gasteiger partial charge >= 0.3 is 16.8 Å². The minimum atomic E-state index is -1.23. The molecule has 0 aromatic carbocycles. The van der Waals surface area contributed by atoms with Crippen LogP contribution in [-0.2, 0) is 16.8 Å². The normalized spacial score (nSPS) is 12.2. The zero-order valence-corrected chi connectivity index (χ0v) is 26.4. The van der Waals surface area contributed by atoms with Crippen LogP contribution in [0.4, 0.5) is 0 Å². The van der Waals surface area contributed by atoms with Gasteiger partial charge in [-0.3, -0.25) is 0 Å². The van der Waals surface area contributed by atoms with Gasteiger partial charge in [0.15, 0.2) is 0 Å². The second-order valence-electron chi connectivity index (χ2n) is 9.99. The first kappa shape index (κ1) is 38.1. The summed E-state index contributed by atoms with van der Waals surface area (Å²) in [7, 11) is -2.46. The third kappa shape index (κ3) is 20.7. The van der Waals surface area contributed by atoms with Crippen molar-refractivity contribution in [1.82, 2.24) is 0 Å². The quantitative estimate of drug-likeness (QED) is 0.266. The first-order valence-corrected chi connectivity index (χ1v) is 17.4. The van der Waals surface area contributed by atoms with Gasteiger partial charge in [-0.05, 0) is 0 Å². The van der Waals surface area contributed by atoms with E-state index in [1.807, 2.05) is 13.8 Å². The molecule has 0 N–H and O–H groups in total. The predicted octanol–water partition coefficient (Wildman–Crippen LogP) is 9.72. The fourth-order valence-corrected chi connectivity index (χ4v) is 10.4. The van der Waals surface area contributed by atoms with Crippen molar-refractivity contribution in [2.24, 2.45) is 0 Å². The summed E-state index contributed by atoms with van der Waals surface area (Å²) in [5.41, 5.74) is 0.350. The Morgan fingerprint density at radius 3 is 0.700 bits per heavy atom. The summed E-state index contributed by atoms with van der Waals surface area (Å²) in [6.45, 7) is 33.1. The van der Waals surface area contributed by atoms with E-state index in [-0.39, 0.29) is 27.9 Å². The van der Waals surface area contributed by atoms with Crippen LogP contribution in [0, 0.1) is 0 Å². The second-order valence-corrected chi connectivity index (χ2v) is 19.6. The van der Waals surface area contributed by atoms with E-state index in [0.29, 0.717) is 0 Å². The van der Waals surface area contributed by atoms with E-state index in [9.17, 15) is 0 Å². The van der Waals surface area contributed by atoms with E-state index in [1.54, 1.807) is 0 Å². The van der Waals surface area contributed by atoms with Gasteiger partial charge < -0.3 is 15.3 Å².